The number of nitrogens with zero attached hydrogens (tertiary/aromatic N) is 3. The number of furan rings is 1. The first kappa shape index (κ1) is 17.6. The lowest BCUT2D eigenvalue weighted by atomic mass is 10.4. The summed E-state index contributed by atoms with van der Waals surface area (Å²) in [6.07, 6.45) is 1.57. The first-order valence-electron chi connectivity index (χ1n) is 7.33. The molecule has 0 saturated heterocycles. The van der Waals surface area contributed by atoms with Crippen molar-refractivity contribution in [3.05, 3.63) is 35.4 Å². The lowest BCUT2D eigenvalue weighted by molar-refractivity contribution is -0.118. The third-order valence-corrected chi connectivity index (χ3v) is 4.16. The molecule has 2 heterocycles. The molecule has 0 aliphatic carbocycles. The number of amides is 1. The van der Waals surface area contributed by atoms with Crippen molar-refractivity contribution in [1.82, 2.24) is 15.3 Å². The molecule has 2 aromatic rings. The highest BCUT2D eigenvalue weighted by molar-refractivity contribution is 7.99. The maximum absolute atomic E-state index is 11.9. The van der Waals surface area contributed by atoms with Gasteiger partial charge in [-0.05, 0) is 26.0 Å². The maximum Gasteiger partial charge on any atom is 0.230 e. The van der Waals surface area contributed by atoms with E-state index in [-0.39, 0.29) is 11.7 Å². The minimum atomic E-state index is -0.112. The fraction of sp³-hybridized carbons (Fsp3) is 0.400. The second-order valence-electron chi connectivity index (χ2n) is 4.65. The highest BCUT2D eigenvalue weighted by atomic mass is 35.5. The molecule has 0 spiro atoms. The Hall–Kier alpha value is -1.73. The molecule has 2 rings (SSSR count). The molecule has 0 aliphatic rings. The number of hydrogen-bond donors (Lipinski definition) is 1. The van der Waals surface area contributed by atoms with Crippen molar-refractivity contribution in [3.8, 4) is 0 Å². The fourth-order valence-corrected chi connectivity index (χ4v) is 2.85. The quantitative estimate of drug-likeness (QED) is 0.446. The van der Waals surface area contributed by atoms with Crippen LogP contribution in [0.25, 0.3) is 0 Å². The molecule has 1 N–H and O–H groups in total. The topological polar surface area (TPSA) is 71.3 Å². The Morgan fingerprint density at radius 2 is 2.17 bits per heavy atom. The van der Waals surface area contributed by atoms with Crippen LogP contribution in [0.3, 0.4) is 0 Å². The molecule has 0 aromatic carbocycles. The summed E-state index contributed by atoms with van der Waals surface area (Å²) in [7, 11) is 0. The summed E-state index contributed by atoms with van der Waals surface area (Å²) in [4.78, 5) is 22.5. The van der Waals surface area contributed by atoms with Gasteiger partial charge in [0.25, 0.3) is 0 Å². The van der Waals surface area contributed by atoms with E-state index >= 15 is 0 Å². The predicted molar refractivity (Wildman–Crippen MR) is 91.9 cm³/mol. The van der Waals surface area contributed by atoms with Crippen molar-refractivity contribution in [2.75, 3.05) is 23.7 Å². The number of carbonyl (C=O) groups excluding carboxylic acids is 1. The molecule has 8 heteroatoms. The first-order chi connectivity index (χ1) is 11.1. The highest BCUT2D eigenvalue weighted by Gasteiger charge is 2.11. The number of halogens is 1. The van der Waals surface area contributed by atoms with Gasteiger partial charge in [-0.15, -0.1) is 0 Å². The fourth-order valence-electron chi connectivity index (χ4n) is 1.94. The van der Waals surface area contributed by atoms with E-state index in [1.807, 2.05) is 6.07 Å². The van der Waals surface area contributed by atoms with Gasteiger partial charge in [0.15, 0.2) is 5.16 Å². The Labute approximate surface area is 144 Å². The van der Waals surface area contributed by atoms with E-state index in [4.69, 9.17) is 16.0 Å². The van der Waals surface area contributed by atoms with Crippen LogP contribution in [0, 0.1) is 0 Å². The SMILES string of the molecule is CCN(CC)c1cc(Cl)nc(SCC(=O)NCc2ccco2)n1. The normalized spacial score (nSPS) is 10.6. The number of rotatable bonds is 8. The summed E-state index contributed by atoms with van der Waals surface area (Å²) < 4.78 is 5.16. The second kappa shape index (κ2) is 8.79. The summed E-state index contributed by atoms with van der Waals surface area (Å²) in [6, 6.07) is 5.32. The third-order valence-electron chi connectivity index (χ3n) is 3.12. The maximum atomic E-state index is 11.9. The Morgan fingerprint density at radius 1 is 1.39 bits per heavy atom. The van der Waals surface area contributed by atoms with Gasteiger partial charge in [0.1, 0.15) is 16.7 Å². The van der Waals surface area contributed by atoms with Crippen molar-refractivity contribution < 1.29 is 9.21 Å². The standard InChI is InChI=1S/C15H19ClN4O2S/c1-3-20(4-2)13-8-12(16)18-15(19-13)23-10-14(21)17-9-11-6-5-7-22-11/h5-8H,3-4,9-10H2,1-2H3,(H,17,21). The molecule has 6 nitrogen and oxygen atoms in total. The predicted octanol–water partition coefficient (Wildman–Crippen LogP) is 2.98. The number of carbonyl (C=O) groups is 1. The van der Waals surface area contributed by atoms with Crippen LogP contribution >= 0.6 is 23.4 Å². The zero-order chi connectivity index (χ0) is 16.7. The van der Waals surface area contributed by atoms with Crippen LogP contribution in [-0.2, 0) is 11.3 Å². The van der Waals surface area contributed by atoms with Crippen LogP contribution in [0.2, 0.25) is 5.15 Å². The van der Waals surface area contributed by atoms with Crippen LogP contribution in [0.5, 0.6) is 0 Å². The van der Waals surface area contributed by atoms with Crippen molar-refractivity contribution in [2.45, 2.75) is 25.5 Å². The van der Waals surface area contributed by atoms with E-state index < -0.39 is 0 Å². The van der Waals surface area contributed by atoms with Crippen LogP contribution in [0.4, 0.5) is 5.82 Å². The van der Waals surface area contributed by atoms with Crippen LogP contribution in [-0.4, -0.2) is 34.7 Å². The van der Waals surface area contributed by atoms with Crippen LogP contribution in [0.1, 0.15) is 19.6 Å². The van der Waals surface area contributed by atoms with Gasteiger partial charge >= 0.3 is 0 Å². The van der Waals surface area contributed by atoms with E-state index in [1.54, 1.807) is 18.4 Å². The molecule has 0 saturated carbocycles. The summed E-state index contributed by atoms with van der Waals surface area (Å²) >= 11 is 7.30. The number of aromatic nitrogens is 2. The first-order valence-corrected chi connectivity index (χ1v) is 8.70. The molecule has 0 unspecified atom stereocenters. The van der Waals surface area contributed by atoms with Gasteiger partial charge in [0.2, 0.25) is 5.91 Å². The van der Waals surface area contributed by atoms with Gasteiger partial charge in [0.05, 0.1) is 18.6 Å². The molecule has 0 radical (unpaired) electrons. The Balaban J connectivity index is 1.90. The molecule has 2 aromatic heterocycles. The Morgan fingerprint density at radius 3 is 2.83 bits per heavy atom. The van der Waals surface area contributed by atoms with Gasteiger partial charge in [-0.3, -0.25) is 4.79 Å². The molecule has 1 amide bonds. The van der Waals surface area contributed by atoms with Crippen molar-refractivity contribution >= 4 is 35.1 Å². The number of thioether (sulfide) groups is 1. The summed E-state index contributed by atoms with van der Waals surface area (Å²) in [5.74, 6) is 1.60. The smallest absolute Gasteiger partial charge is 0.230 e. The lowest BCUT2D eigenvalue weighted by Gasteiger charge is -2.20. The number of hydrogen-bond acceptors (Lipinski definition) is 6. The van der Waals surface area contributed by atoms with Crippen molar-refractivity contribution in [1.29, 1.82) is 0 Å². The minimum Gasteiger partial charge on any atom is -0.467 e. The van der Waals surface area contributed by atoms with E-state index in [0.29, 0.717) is 22.6 Å². The highest BCUT2D eigenvalue weighted by Crippen LogP contribution is 2.21. The third kappa shape index (κ3) is 5.44. The summed E-state index contributed by atoms with van der Waals surface area (Å²) in [5, 5.41) is 3.65. The molecule has 23 heavy (non-hydrogen) atoms. The summed E-state index contributed by atoms with van der Waals surface area (Å²) in [6.45, 7) is 6.13. The molecule has 0 aliphatic heterocycles. The zero-order valence-electron chi connectivity index (χ0n) is 13.1. The van der Waals surface area contributed by atoms with Gasteiger partial charge in [-0.1, -0.05) is 23.4 Å². The van der Waals surface area contributed by atoms with Crippen LogP contribution in [0.15, 0.2) is 34.0 Å². The van der Waals surface area contributed by atoms with Crippen molar-refractivity contribution in [3.63, 3.8) is 0 Å². The van der Waals surface area contributed by atoms with Crippen LogP contribution < -0.4 is 10.2 Å². The molecule has 0 bridgehead atoms. The molecule has 0 atom stereocenters. The van der Waals surface area contributed by atoms with E-state index in [2.05, 4.69) is 34.0 Å². The Bertz CT molecular complexity index is 632. The van der Waals surface area contributed by atoms with E-state index in [0.717, 1.165) is 18.9 Å². The molecule has 124 valence electrons. The average Bonchev–Trinajstić information content (AvgIpc) is 3.05. The van der Waals surface area contributed by atoms with Gasteiger partial charge in [-0.2, -0.15) is 0 Å². The Kier molecular flexibility index (Phi) is 6.73. The molecule has 0 fully saturated rings. The van der Waals surface area contributed by atoms with E-state index in [9.17, 15) is 4.79 Å². The average molecular weight is 355 g/mol. The second-order valence-corrected chi connectivity index (χ2v) is 5.98. The van der Waals surface area contributed by atoms with Gasteiger partial charge in [0, 0.05) is 19.2 Å². The van der Waals surface area contributed by atoms with Crippen molar-refractivity contribution in [2.24, 2.45) is 0 Å². The largest absolute Gasteiger partial charge is 0.467 e. The zero-order valence-corrected chi connectivity index (χ0v) is 14.7. The van der Waals surface area contributed by atoms with Gasteiger partial charge in [-0.25, -0.2) is 9.97 Å². The monoisotopic (exact) mass is 354 g/mol. The molecular weight excluding hydrogens is 336 g/mol. The molecular formula is C15H19ClN4O2S. The van der Waals surface area contributed by atoms with E-state index in [1.165, 1.54) is 11.8 Å². The lowest BCUT2D eigenvalue weighted by Crippen LogP contribution is -2.25. The summed E-state index contributed by atoms with van der Waals surface area (Å²) in [5.41, 5.74) is 0. The number of nitrogens with one attached hydrogen (secondary N) is 1. The minimum absolute atomic E-state index is 0.112. The number of anilines is 1. The van der Waals surface area contributed by atoms with Gasteiger partial charge < -0.3 is 14.6 Å².